The van der Waals surface area contributed by atoms with E-state index in [9.17, 15) is 22.8 Å². The normalized spacial score (nSPS) is 17.1. The highest BCUT2D eigenvalue weighted by Crippen LogP contribution is 2.33. The SMILES string of the molecule is O=C(C[C@@H]1Cc2ccccc2CN1C(=O)c1cc2cc(C(F)(F)F)ccc2[nH]1)N1CCc2cccnc21. The Morgan fingerprint density at radius 2 is 1.78 bits per heavy atom. The van der Waals surface area contributed by atoms with Gasteiger partial charge in [0.25, 0.3) is 5.91 Å². The van der Waals surface area contributed by atoms with Crippen molar-refractivity contribution in [2.24, 2.45) is 0 Å². The van der Waals surface area contributed by atoms with Gasteiger partial charge in [-0.3, -0.25) is 14.5 Å². The molecule has 0 unspecified atom stereocenters. The highest BCUT2D eigenvalue weighted by atomic mass is 19.4. The Labute approximate surface area is 210 Å². The molecule has 0 bridgehead atoms. The molecular weight excluding hydrogens is 481 g/mol. The zero-order chi connectivity index (χ0) is 25.7. The lowest BCUT2D eigenvalue weighted by atomic mass is 9.91. The summed E-state index contributed by atoms with van der Waals surface area (Å²) < 4.78 is 39.5. The summed E-state index contributed by atoms with van der Waals surface area (Å²) in [4.78, 5) is 37.8. The van der Waals surface area contributed by atoms with Gasteiger partial charge in [-0.25, -0.2) is 4.98 Å². The van der Waals surface area contributed by atoms with Gasteiger partial charge in [-0.2, -0.15) is 13.2 Å². The summed E-state index contributed by atoms with van der Waals surface area (Å²) in [5, 5.41) is 0.308. The zero-order valence-electron chi connectivity index (χ0n) is 19.8. The molecule has 1 N–H and O–H groups in total. The molecule has 2 aliphatic rings. The number of aromatic nitrogens is 2. The van der Waals surface area contributed by atoms with Gasteiger partial charge < -0.3 is 9.88 Å². The number of amides is 2. The first-order valence-electron chi connectivity index (χ1n) is 12.1. The number of benzene rings is 2. The first-order chi connectivity index (χ1) is 17.8. The van der Waals surface area contributed by atoms with E-state index in [0.29, 0.717) is 36.2 Å². The Bertz CT molecular complexity index is 1530. The molecule has 9 heteroatoms. The Balaban J connectivity index is 1.30. The molecule has 0 saturated carbocycles. The minimum absolute atomic E-state index is 0.105. The smallest absolute Gasteiger partial charge is 0.351 e. The third kappa shape index (κ3) is 4.24. The number of nitrogens with zero attached hydrogens (tertiary/aromatic N) is 3. The van der Waals surface area contributed by atoms with Crippen molar-refractivity contribution in [3.63, 3.8) is 0 Å². The maximum atomic E-state index is 13.7. The number of carbonyl (C=O) groups is 2. The second kappa shape index (κ2) is 8.76. The third-order valence-corrected chi connectivity index (χ3v) is 7.23. The maximum absolute atomic E-state index is 13.7. The summed E-state index contributed by atoms with van der Waals surface area (Å²) in [5.41, 5.74) is 2.96. The number of hydrogen-bond donors (Lipinski definition) is 1. The van der Waals surface area contributed by atoms with Crippen LogP contribution in [0.2, 0.25) is 0 Å². The fourth-order valence-corrected chi connectivity index (χ4v) is 5.35. The number of hydrogen-bond acceptors (Lipinski definition) is 3. The van der Waals surface area contributed by atoms with Gasteiger partial charge in [-0.05, 0) is 59.9 Å². The van der Waals surface area contributed by atoms with Crippen LogP contribution in [0.1, 0.15) is 39.2 Å². The van der Waals surface area contributed by atoms with Crippen molar-refractivity contribution in [3.05, 3.63) is 94.8 Å². The van der Waals surface area contributed by atoms with Gasteiger partial charge in [0.1, 0.15) is 11.5 Å². The van der Waals surface area contributed by atoms with Crippen molar-refractivity contribution >= 4 is 28.5 Å². The highest BCUT2D eigenvalue weighted by molar-refractivity contribution is 5.99. The van der Waals surface area contributed by atoms with Crippen molar-refractivity contribution in [1.29, 1.82) is 0 Å². The molecule has 6 rings (SSSR count). The summed E-state index contributed by atoms with van der Waals surface area (Å²) in [7, 11) is 0. The van der Waals surface area contributed by atoms with Crippen LogP contribution in [0.15, 0.2) is 66.9 Å². The molecule has 2 aliphatic heterocycles. The summed E-state index contributed by atoms with van der Waals surface area (Å²) in [6, 6.07) is 16.0. The Hall–Kier alpha value is -4.14. The molecule has 1 atom stereocenters. The van der Waals surface area contributed by atoms with E-state index in [0.717, 1.165) is 35.2 Å². The first-order valence-corrected chi connectivity index (χ1v) is 12.1. The van der Waals surface area contributed by atoms with Gasteiger partial charge in [0.15, 0.2) is 0 Å². The van der Waals surface area contributed by atoms with E-state index in [1.807, 2.05) is 36.4 Å². The predicted octanol–water partition coefficient (Wildman–Crippen LogP) is 5.13. The molecule has 188 valence electrons. The van der Waals surface area contributed by atoms with E-state index in [-0.39, 0.29) is 23.9 Å². The number of carbonyl (C=O) groups excluding carboxylic acids is 2. The average molecular weight is 505 g/mol. The third-order valence-electron chi connectivity index (χ3n) is 7.23. The van der Waals surface area contributed by atoms with Gasteiger partial charge in [-0.15, -0.1) is 0 Å². The van der Waals surface area contributed by atoms with E-state index in [1.54, 1.807) is 16.0 Å². The van der Waals surface area contributed by atoms with Gasteiger partial charge in [0.05, 0.1) is 5.56 Å². The Kier molecular flexibility index (Phi) is 5.51. The number of aromatic amines is 1. The van der Waals surface area contributed by atoms with Crippen molar-refractivity contribution < 1.29 is 22.8 Å². The second-order valence-electron chi connectivity index (χ2n) is 9.53. The number of fused-ring (bicyclic) bond motifs is 3. The molecule has 0 fully saturated rings. The van der Waals surface area contributed by atoms with E-state index in [1.165, 1.54) is 12.1 Å². The average Bonchev–Trinajstić information content (AvgIpc) is 3.51. The van der Waals surface area contributed by atoms with E-state index in [4.69, 9.17) is 0 Å². The first kappa shape index (κ1) is 23.3. The zero-order valence-corrected chi connectivity index (χ0v) is 19.8. The topological polar surface area (TPSA) is 69.3 Å². The molecule has 0 spiro atoms. The molecule has 4 heterocycles. The van der Waals surface area contributed by atoms with Gasteiger partial charge in [-0.1, -0.05) is 30.3 Å². The lowest BCUT2D eigenvalue weighted by molar-refractivity contribution is -0.137. The molecule has 0 saturated heterocycles. The van der Waals surface area contributed by atoms with Crippen LogP contribution in [0.3, 0.4) is 0 Å². The quantitative estimate of drug-likeness (QED) is 0.421. The molecule has 2 aromatic carbocycles. The van der Waals surface area contributed by atoms with Gasteiger partial charge in [0.2, 0.25) is 5.91 Å². The van der Waals surface area contributed by atoms with E-state index in [2.05, 4.69) is 9.97 Å². The van der Waals surface area contributed by atoms with Crippen molar-refractivity contribution in [2.45, 2.75) is 38.0 Å². The Morgan fingerprint density at radius 3 is 2.59 bits per heavy atom. The van der Waals surface area contributed by atoms with Crippen molar-refractivity contribution in [1.82, 2.24) is 14.9 Å². The van der Waals surface area contributed by atoms with Gasteiger partial charge in [0, 0.05) is 42.7 Å². The van der Waals surface area contributed by atoms with Crippen LogP contribution in [-0.2, 0) is 30.4 Å². The lowest BCUT2D eigenvalue weighted by Gasteiger charge is -2.37. The largest absolute Gasteiger partial charge is 0.416 e. The fraction of sp³-hybridized carbons (Fsp3) is 0.250. The summed E-state index contributed by atoms with van der Waals surface area (Å²) in [6.07, 6.45) is -1.44. The second-order valence-corrected chi connectivity index (χ2v) is 9.53. The number of rotatable bonds is 3. The van der Waals surface area contributed by atoms with Crippen LogP contribution in [0.25, 0.3) is 10.9 Å². The standard InChI is InChI=1S/C28H23F3N4O2/c29-28(30,31)21-7-8-23-20(12-21)14-24(33-23)27(37)35-16-19-5-2-1-4-18(19)13-22(35)15-25(36)34-11-9-17-6-3-10-32-26(17)34/h1-8,10,12,14,22,33H,9,11,13,15-16H2/t22-/m0/s1. The van der Waals surface area contributed by atoms with Gasteiger partial charge >= 0.3 is 6.18 Å². The highest BCUT2D eigenvalue weighted by Gasteiger charge is 2.36. The van der Waals surface area contributed by atoms with Crippen molar-refractivity contribution in [2.75, 3.05) is 11.4 Å². The number of anilines is 1. The van der Waals surface area contributed by atoms with Crippen molar-refractivity contribution in [3.8, 4) is 0 Å². The minimum Gasteiger partial charge on any atom is -0.351 e. The summed E-state index contributed by atoms with van der Waals surface area (Å²) in [6.45, 7) is 0.858. The molecule has 6 nitrogen and oxygen atoms in total. The molecule has 37 heavy (non-hydrogen) atoms. The van der Waals surface area contributed by atoms with Crippen LogP contribution >= 0.6 is 0 Å². The number of nitrogens with one attached hydrogen (secondary N) is 1. The lowest BCUT2D eigenvalue weighted by Crippen LogP contribution is -2.47. The Morgan fingerprint density at radius 1 is 1.00 bits per heavy atom. The maximum Gasteiger partial charge on any atom is 0.416 e. The summed E-state index contributed by atoms with van der Waals surface area (Å²) in [5.74, 6) is 0.209. The number of H-pyrrole nitrogens is 1. The molecule has 0 aliphatic carbocycles. The molecule has 0 radical (unpaired) electrons. The summed E-state index contributed by atoms with van der Waals surface area (Å²) >= 11 is 0. The van der Waals surface area contributed by atoms with Crippen LogP contribution in [0.4, 0.5) is 19.0 Å². The number of alkyl halides is 3. The molecule has 2 aromatic heterocycles. The van der Waals surface area contributed by atoms with Crippen LogP contribution < -0.4 is 4.90 Å². The molecule has 2 amide bonds. The van der Waals surface area contributed by atoms with E-state index < -0.39 is 17.8 Å². The van der Waals surface area contributed by atoms with Crippen LogP contribution in [0.5, 0.6) is 0 Å². The predicted molar refractivity (Wildman–Crippen MR) is 132 cm³/mol. The van der Waals surface area contributed by atoms with Crippen LogP contribution in [0, 0.1) is 0 Å². The fourth-order valence-electron chi connectivity index (χ4n) is 5.35. The number of pyridine rings is 1. The molecule has 4 aromatic rings. The van der Waals surface area contributed by atoms with Crippen LogP contribution in [-0.4, -0.2) is 39.3 Å². The monoisotopic (exact) mass is 504 g/mol. The molecular formula is C28H23F3N4O2. The minimum atomic E-state index is -4.47. The number of halogens is 3. The van der Waals surface area contributed by atoms with E-state index >= 15 is 0 Å².